The molecule has 0 aromatic heterocycles. The van der Waals surface area contributed by atoms with Gasteiger partial charge in [-0.3, -0.25) is 4.79 Å². The summed E-state index contributed by atoms with van der Waals surface area (Å²) in [5.41, 5.74) is 0.400. The second-order valence-corrected chi connectivity index (χ2v) is 5.54. The first-order valence-electron chi connectivity index (χ1n) is 7.71. The highest BCUT2D eigenvalue weighted by Gasteiger charge is 2.54. The molecule has 23 heavy (non-hydrogen) atoms. The van der Waals surface area contributed by atoms with Gasteiger partial charge >= 0.3 is 5.97 Å². The van der Waals surface area contributed by atoms with Gasteiger partial charge in [-0.25, -0.2) is 4.79 Å². The van der Waals surface area contributed by atoms with Gasteiger partial charge in [0.05, 0.1) is 6.61 Å². The second-order valence-electron chi connectivity index (χ2n) is 5.54. The van der Waals surface area contributed by atoms with Crippen LogP contribution in [0.5, 0.6) is 5.75 Å². The Hall–Kier alpha value is -2.62. The van der Waals surface area contributed by atoms with Crippen LogP contribution in [0.25, 0.3) is 0 Å². The van der Waals surface area contributed by atoms with Crippen LogP contribution in [0.4, 0.5) is 0 Å². The number of rotatable bonds is 6. The molecule has 2 aromatic rings. The maximum Gasteiger partial charge on any atom is 0.350 e. The maximum atomic E-state index is 12.3. The molecule has 0 atom stereocenters. The van der Waals surface area contributed by atoms with Crippen molar-refractivity contribution in [3.8, 4) is 5.75 Å². The van der Waals surface area contributed by atoms with E-state index in [0.29, 0.717) is 36.3 Å². The molecule has 0 heterocycles. The predicted octanol–water partition coefficient (Wildman–Crippen LogP) is 3.39. The van der Waals surface area contributed by atoms with E-state index in [2.05, 4.69) is 0 Å². The zero-order chi connectivity index (χ0) is 16.3. The van der Waals surface area contributed by atoms with Crippen molar-refractivity contribution in [2.45, 2.75) is 25.4 Å². The van der Waals surface area contributed by atoms with E-state index in [4.69, 9.17) is 9.47 Å². The van der Waals surface area contributed by atoms with Crippen LogP contribution in [-0.4, -0.2) is 24.0 Å². The Kier molecular flexibility index (Phi) is 4.15. The molecule has 3 rings (SSSR count). The van der Waals surface area contributed by atoms with Gasteiger partial charge in [0, 0.05) is 24.0 Å². The van der Waals surface area contributed by atoms with Gasteiger partial charge in [-0.1, -0.05) is 30.3 Å². The Morgan fingerprint density at radius 2 is 1.57 bits per heavy atom. The van der Waals surface area contributed by atoms with Crippen molar-refractivity contribution in [2.75, 3.05) is 6.61 Å². The van der Waals surface area contributed by atoms with Crippen LogP contribution in [-0.2, 0) is 9.53 Å². The fourth-order valence-corrected chi connectivity index (χ4v) is 2.38. The van der Waals surface area contributed by atoms with E-state index in [1.165, 1.54) is 0 Å². The molecular weight excluding hydrogens is 292 g/mol. The lowest BCUT2D eigenvalue weighted by atomic mass is 10.0. The molecule has 2 aromatic carbocycles. The van der Waals surface area contributed by atoms with E-state index >= 15 is 0 Å². The highest BCUT2D eigenvalue weighted by atomic mass is 16.6. The van der Waals surface area contributed by atoms with Crippen LogP contribution >= 0.6 is 0 Å². The number of benzene rings is 2. The summed E-state index contributed by atoms with van der Waals surface area (Å²) in [6, 6.07) is 16.0. The fourth-order valence-electron chi connectivity index (χ4n) is 2.38. The summed E-state index contributed by atoms with van der Waals surface area (Å²) in [7, 11) is 0. The van der Waals surface area contributed by atoms with Crippen LogP contribution < -0.4 is 4.74 Å². The molecule has 1 saturated carbocycles. The van der Waals surface area contributed by atoms with Gasteiger partial charge in [-0.05, 0) is 31.2 Å². The third-order valence-electron chi connectivity index (χ3n) is 3.82. The number of ether oxygens (including phenoxy) is 2. The molecule has 0 aliphatic heterocycles. The Balaban J connectivity index is 1.71. The minimum Gasteiger partial charge on any atom is -0.476 e. The first kappa shape index (κ1) is 15.3. The van der Waals surface area contributed by atoms with E-state index in [0.717, 1.165) is 0 Å². The number of ketones is 1. The molecular formula is C19H18O4. The lowest BCUT2D eigenvalue weighted by Crippen LogP contribution is -2.31. The molecule has 1 aliphatic carbocycles. The zero-order valence-electron chi connectivity index (χ0n) is 13.0. The lowest BCUT2D eigenvalue weighted by Gasteiger charge is -2.16. The number of carbonyl (C=O) groups is 2. The molecule has 0 spiro atoms. The third-order valence-corrected chi connectivity index (χ3v) is 3.82. The fraction of sp³-hybridized carbons (Fsp3) is 0.263. The highest BCUT2D eigenvalue weighted by Crippen LogP contribution is 2.41. The van der Waals surface area contributed by atoms with Crippen molar-refractivity contribution >= 4 is 11.8 Å². The van der Waals surface area contributed by atoms with Gasteiger partial charge in [-0.2, -0.15) is 0 Å². The number of carbonyl (C=O) groups excluding carboxylic acids is 2. The number of hydrogen-bond acceptors (Lipinski definition) is 4. The monoisotopic (exact) mass is 310 g/mol. The summed E-state index contributed by atoms with van der Waals surface area (Å²) in [6.07, 6.45) is 1.33. The topological polar surface area (TPSA) is 52.6 Å². The van der Waals surface area contributed by atoms with Gasteiger partial charge in [0.15, 0.2) is 5.78 Å². The van der Waals surface area contributed by atoms with Gasteiger partial charge in [-0.15, -0.1) is 0 Å². The van der Waals surface area contributed by atoms with Gasteiger partial charge < -0.3 is 9.47 Å². The SMILES string of the molecule is CCOC(=O)C1(Oc2ccc(C(=O)c3ccccc3)cc2)CC1. The van der Waals surface area contributed by atoms with Crippen LogP contribution in [0.2, 0.25) is 0 Å². The quantitative estimate of drug-likeness (QED) is 0.606. The Bertz CT molecular complexity index is 700. The summed E-state index contributed by atoms with van der Waals surface area (Å²) in [5.74, 6) is 0.216. The molecule has 0 radical (unpaired) electrons. The van der Waals surface area contributed by atoms with Crippen molar-refractivity contribution in [1.29, 1.82) is 0 Å². The smallest absolute Gasteiger partial charge is 0.350 e. The molecule has 0 saturated heterocycles. The second kappa shape index (κ2) is 6.24. The van der Waals surface area contributed by atoms with E-state index in [1.807, 2.05) is 18.2 Å². The minimum atomic E-state index is -0.832. The number of hydrogen-bond donors (Lipinski definition) is 0. The van der Waals surface area contributed by atoms with Crippen molar-refractivity contribution in [3.63, 3.8) is 0 Å². The van der Waals surface area contributed by atoms with Crippen LogP contribution in [0.15, 0.2) is 54.6 Å². The minimum absolute atomic E-state index is 0.0383. The summed E-state index contributed by atoms with van der Waals surface area (Å²) >= 11 is 0. The van der Waals surface area contributed by atoms with Crippen LogP contribution in [0.1, 0.15) is 35.7 Å². The van der Waals surface area contributed by atoms with Crippen molar-refractivity contribution in [2.24, 2.45) is 0 Å². The first-order chi connectivity index (χ1) is 11.1. The average molecular weight is 310 g/mol. The van der Waals surface area contributed by atoms with Gasteiger partial charge in [0.2, 0.25) is 5.60 Å². The maximum absolute atomic E-state index is 12.3. The van der Waals surface area contributed by atoms with E-state index in [1.54, 1.807) is 43.3 Å². The molecule has 1 aliphatic rings. The van der Waals surface area contributed by atoms with E-state index in [-0.39, 0.29) is 11.8 Å². The molecule has 0 bridgehead atoms. The lowest BCUT2D eigenvalue weighted by molar-refractivity contribution is -0.153. The third kappa shape index (κ3) is 3.26. The first-order valence-corrected chi connectivity index (χ1v) is 7.71. The Labute approximate surface area is 135 Å². The van der Waals surface area contributed by atoms with Gasteiger partial charge in [0.1, 0.15) is 5.75 Å². The van der Waals surface area contributed by atoms with E-state index < -0.39 is 5.60 Å². The number of esters is 1. The summed E-state index contributed by atoms with van der Waals surface area (Å²) in [5, 5.41) is 0. The molecule has 0 N–H and O–H groups in total. The van der Waals surface area contributed by atoms with Crippen molar-refractivity contribution in [1.82, 2.24) is 0 Å². The average Bonchev–Trinajstić information content (AvgIpc) is 3.37. The van der Waals surface area contributed by atoms with Gasteiger partial charge in [0.25, 0.3) is 0 Å². The standard InChI is InChI=1S/C19H18O4/c1-2-22-18(21)19(12-13-19)23-16-10-8-15(9-11-16)17(20)14-6-4-3-5-7-14/h3-11H,2,12-13H2,1H3. The molecule has 1 fully saturated rings. The summed E-state index contributed by atoms with van der Waals surface area (Å²) in [6.45, 7) is 2.12. The Morgan fingerprint density at radius 3 is 2.13 bits per heavy atom. The summed E-state index contributed by atoms with van der Waals surface area (Å²) < 4.78 is 10.8. The molecule has 4 nitrogen and oxygen atoms in total. The normalized spacial score (nSPS) is 14.8. The van der Waals surface area contributed by atoms with Crippen LogP contribution in [0.3, 0.4) is 0 Å². The molecule has 118 valence electrons. The summed E-state index contributed by atoms with van der Waals surface area (Å²) in [4.78, 5) is 24.2. The van der Waals surface area contributed by atoms with E-state index in [9.17, 15) is 9.59 Å². The van der Waals surface area contributed by atoms with Crippen LogP contribution in [0, 0.1) is 0 Å². The molecule has 0 unspecified atom stereocenters. The largest absolute Gasteiger partial charge is 0.476 e. The molecule has 4 heteroatoms. The zero-order valence-corrected chi connectivity index (χ0v) is 13.0. The Morgan fingerprint density at radius 1 is 0.957 bits per heavy atom. The molecule has 0 amide bonds. The van der Waals surface area contributed by atoms with Crippen molar-refractivity contribution < 1.29 is 19.1 Å². The van der Waals surface area contributed by atoms with Crippen molar-refractivity contribution in [3.05, 3.63) is 65.7 Å². The highest BCUT2D eigenvalue weighted by molar-refractivity contribution is 6.09. The predicted molar refractivity (Wildman–Crippen MR) is 85.5 cm³/mol.